The molecule has 0 radical (unpaired) electrons. The monoisotopic (exact) mass is 449 g/mol. The lowest BCUT2D eigenvalue weighted by Gasteiger charge is -2.26. The number of carbonyl (C=O) groups is 2. The van der Waals surface area contributed by atoms with Crippen molar-refractivity contribution in [3.8, 4) is 0 Å². The van der Waals surface area contributed by atoms with Crippen LogP contribution < -0.4 is 5.56 Å². The zero-order chi connectivity index (χ0) is 23.4. The second-order valence-corrected chi connectivity index (χ2v) is 8.58. The summed E-state index contributed by atoms with van der Waals surface area (Å²) in [6.45, 7) is 5.39. The van der Waals surface area contributed by atoms with Gasteiger partial charge >= 0.3 is 0 Å². The molecule has 1 aliphatic heterocycles. The van der Waals surface area contributed by atoms with Crippen molar-refractivity contribution >= 4 is 17.5 Å². The largest absolute Gasteiger partial charge is 0.370 e. The average molecular weight is 450 g/mol. The third-order valence-corrected chi connectivity index (χ3v) is 5.45. The molecule has 0 N–H and O–H groups in total. The second-order valence-electron chi connectivity index (χ2n) is 8.58. The van der Waals surface area contributed by atoms with Gasteiger partial charge in [-0.2, -0.15) is 0 Å². The van der Waals surface area contributed by atoms with Gasteiger partial charge in [0, 0.05) is 44.4 Å². The molecule has 9 nitrogen and oxygen atoms in total. The molecule has 2 amide bonds. The third kappa shape index (κ3) is 5.25. The van der Waals surface area contributed by atoms with E-state index in [0.717, 1.165) is 5.56 Å². The van der Waals surface area contributed by atoms with Crippen LogP contribution in [0.4, 0.5) is 0 Å². The molecule has 1 aliphatic rings. The fourth-order valence-electron chi connectivity index (χ4n) is 3.90. The van der Waals surface area contributed by atoms with Crippen LogP contribution in [0, 0.1) is 5.92 Å². The summed E-state index contributed by atoms with van der Waals surface area (Å²) in [6.07, 6.45) is 5.86. The van der Waals surface area contributed by atoms with Crippen LogP contribution in [-0.2, 0) is 16.1 Å². The van der Waals surface area contributed by atoms with E-state index in [2.05, 4.69) is 9.97 Å². The standard InChI is InChI=1S/C24H27N5O4/c1-17(2)12-27-13-19(33-16-18-6-5-8-25-10-18)14-28(15-22(27)30)23(31)20-11-26-21-7-3-4-9-29(21)24(20)32/h3-11,17,19H,12-16H2,1-2H3/t19-/m0/s1. The van der Waals surface area contributed by atoms with Crippen LogP contribution in [0.3, 0.4) is 0 Å². The highest BCUT2D eigenvalue weighted by molar-refractivity contribution is 5.96. The Labute approximate surface area is 191 Å². The van der Waals surface area contributed by atoms with Gasteiger partial charge < -0.3 is 14.5 Å². The van der Waals surface area contributed by atoms with E-state index in [-0.39, 0.29) is 30.5 Å². The number of hydrogen-bond donors (Lipinski definition) is 0. The van der Waals surface area contributed by atoms with Gasteiger partial charge in [-0.3, -0.25) is 23.8 Å². The van der Waals surface area contributed by atoms with Crippen molar-refractivity contribution in [3.05, 3.63) is 76.6 Å². The first-order chi connectivity index (χ1) is 15.9. The predicted molar refractivity (Wildman–Crippen MR) is 122 cm³/mol. The summed E-state index contributed by atoms with van der Waals surface area (Å²) < 4.78 is 7.43. The van der Waals surface area contributed by atoms with Crippen LogP contribution in [0.15, 0.2) is 59.9 Å². The van der Waals surface area contributed by atoms with Crippen molar-refractivity contribution in [2.45, 2.75) is 26.6 Å². The molecule has 1 fully saturated rings. The zero-order valence-electron chi connectivity index (χ0n) is 18.8. The number of ether oxygens (including phenoxy) is 1. The van der Waals surface area contributed by atoms with Gasteiger partial charge in [0.15, 0.2) is 0 Å². The van der Waals surface area contributed by atoms with Crippen molar-refractivity contribution in [2.24, 2.45) is 5.92 Å². The highest BCUT2D eigenvalue weighted by Gasteiger charge is 2.32. The predicted octanol–water partition coefficient (Wildman–Crippen LogP) is 1.62. The Morgan fingerprint density at radius 2 is 2.00 bits per heavy atom. The van der Waals surface area contributed by atoms with Gasteiger partial charge in [-0.1, -0.05) is 26.0 Å². The van der Waals surface area contributed by atoms with Gasteiger partial charge in [0.2, 0.25) is 5.91 Å². The minimum Gasteiger partial charge on any atom is -0.370 e. The third-order valence-electron chi connectivity index (χ3n) is 5.45. The first-order valence-corrected chi connectivity index (χ1v) is 11.0. The van der Waals surface area contributed by atoms with Crippen molar-refractivity contribution in [2.75, 3.05) is 26.2 Å². The molecule has 0 aromatic carbocycles. The highest BCUT2D eigenvalue weighted by Crippen LogP contribution is 2.14. The average Bonchev–Trinajstić information content (AvgIpc) is 2.96. The quantitative estimate of drug-likeness (QED) is 0.567. The molecular weight excluding hydrogens is 422 g/mol. The van der Waals surface area contributed by atoms with E-state index < -0.39 is 17.6 Å². The molecule has 0 unspecified atom stereocenters. The van der Waals surface area contributed by atoms with E-state index in [9.17, 15) is 14.4 Å². The number of aromatic nitrogens is 3. The smallest absolute Gasteiger partial charge is 0.270 e. The van der Waals surface area contributed by atoms with Crippen molar-refractivity contribution < 1.29 is 14.3 Å². The van der Waals surface area contributed by atoms with Gasteiger partial charge in [0.25, 0.3) is 11.5 Å². The lowest BCUT2D eigenvalue weighted by molar-refractivity contribution is -0.132. The molecule has 4 heterocycles. The maximum absolute atomic E-state index is 13.3. The topological polar surface area (TPSA) is 97.1 Å². The van der Waals surface area contributed by atoms with E-state index in [0.29, 0.717) is 25.3 Å². The lowest BCUT2D eigenvalue weighted by atomic mass is 10.2. The first-order valence-electron chi connectivity index (χ1n) is 11.0. The minimum absolute atomic E-state index is 0.0742. The van der Waals surface area contributed by atoms with Crippen LogP contribution in [0.2, 0.25) is 0 Å². The Morgan fingerprint density at radius 1 is 1.15 bits per heavy atom. The number of amides is 2. The molecule has 0 spiro atoms. The van der Waals surface area contributed by atoms with Crippen molar-refractivity contribution in [1.29, 1.82) is 0 Å². The van der Waals surface area contributed by atoms with Crippen LogP contribution in [-0.4, -0.2) is 68.3 Å². The highest BCUT2D eigenvalue weighted by atomic mass is 16.5. The summed E-state index contributed by atoms with van der Waals surface area (Å²) in [7, 11) is 0. The SMILES string of the molecule is CC(C)CN1C[C@H](OCc2cccnc2)CN(C(=O)c2cnc3ccccn3c2=O)CC1=O. The number of rotatable bonds is 6. The van der Waals surface area contributed by atoms with Gasteiger partial charge in [0.05, 0.1) is 12.7 Å². The Bertz CT molecular complexity index is 1190. The molecule has 9 heteroatoms. The molecule has 33 heavy (non-hydrogen) atoms. The maximum Gasteiger partial charge on any atom is 0.270 e. The summed E-state index contributed by atoms with van der Waals surface area (Å²) in [5.41, 5.74) is 0.814. The van der Waals surface area contributed by atoms with Gasteiger partial charge in [0.1, 0.15) is 17.8 Å². The molecule has 0 saturated carbocycles. The number of fused-ring (bicyclic) bond motifs is 1. The number of nitrogens with zero attached hydrogens (tertiary/aromatic N) is 5. The van der Waals surface area contributed by atoms with E-state index in [1.165, 1.54) is 15.5 Å². The van der Waals surface area contributed by atoms with Crippen molar-refractivity contribution in [1.82, 2.24) is 24.2 Å². The van der Waals surface area contributed by atoms with Crippen LogP contribution in [0.5, 0.6) is 0 Å². The summed E-state index contributed by atoms with van der Waals surface area (Å²) in [4.78, 5) is 50.7. The molecule has 172 valence electrons. The molecule has 4 rings (SSSR count). The van der Waals surface area contributed by atoms with Crippen LogP contribution in [0.25, 0.3) is 5.65 Å². The second kappa shape index (κ2) is 9.91. The van der Waals surface area contributed by atoms with E-state index in [4.69, 9.17) is 4.74 Å². The van der Waals surface area contributed by atoms with E-state index in [1.54, 1.807) is 41.7 Å². The lowest BCUT2D eigenvalue weighted by Crippen LogP contribution is -2.42. The summed E-state index contributed by atoms with van der Waals surface area (Å²) in [5, 5.41) is 0. The molecule has 3 aromatic rings. The van der Waals surface area contributed by atoms with Crippen molar-refractivity contribution in [3.63, 3.8) is 0 Å². The molecular formula is C24H27N5O4. The van der Waals surface area contributed by atoms with Crippen LogP contribution in [0.1, 0.15) is 29.8 Å². The Morgan fingerprint density at radius 3 is 2.76 bits per heavy atom. The first kappa shape index (κ1) is 22.6. The summed E-state index contributed by atoms with van der Waals surface area (Å²) in [6, 6.07) is 8.90. The number of carbonyl (C=O) groups excluding carboxylic acids is 2. The Balaban J connectivity index is 1.59. The van der Waals surface area contributed by atoms with Gasteiger partial charge in [-0.25, -0.2) is 4.98 Å². The summed E-state index contributed by atoms with van der Waals surface area (Å²) in [5.74, 6) is -0.427. The van der Waals surface area contributed by atoms with Gasteiger partial charge in [-0.15, -0.1) is 0 Å². The van der Waals surface area contributed by atoms with Crippen LogP contribution >= 0.6 is 0 Å². The number of hydrogen-bond acceptors (Lipinski definition) is 6. The molecule has 1 saturated heterocycles. The minimum atomic E-state index is -0.527. The molecule has 0 aliphatic carbocycles. The molecule has 1 atom stereocenters. The summed E-state index contributed by atoms with van der Waals surface area (Å²) >= 11 is 0. The van der Waals surface area contributed by atoms with E-state index >= 15 is 0 Å². The zero-order valence-corrected chi connectivity index (χ0v) is 18.8. The van der Waals surface area contributed by atoms with Gasteiger partial charge in [-0.05, 0) is 29.7 Å². The molecule has 3 aromatic heterocycles. The fraction of sp³-hybridized carbons (Fsp3) is 0.375. The Hall–Kier alpha value is -3.59. The number of pyridine rings is 2. The Kier molecular flexibility index (Phi) is 6.79. The normalized spacial score (nSPS) is 16.9. The maximum atomic E-state index is 13.3. The van der Waals surface area contributed by atoms with E-state index in [1.807, 2.05) is 26.0 Å². The fourth-order valence-corrected chi connectivity index (χ4v) is 3.90. The molecule has 0 bridgehead atoms.